The first-order valence-electron chi connectivity index (χ1n) is 7.58. The van der Waals surface area contributed by atoms with Crippen LogP contribution in [0.5, 0.6) is 0 Å². The van der Waals surface area contributed by atoms with Crippen molar-refractivity contribution in [3.8, 4) is 0 Å². The van der Waals surface area contributed by atoms with Crippen LogP contribution in [-0.4, -0.2) is 18.1 Å². The lowest BCUT2D eigenvalue weighted by Gasteiger charge is -2.27. The fourth-order valence-electron chi connectivity index (χ4n) is 3.11. The molecule has 0 amide bonds. The minimum Gasteiger partial charge on any atom is -0.310 e. The molecule has 1 atom stereocenters. The smallest absolute Gasteiger partial charge is 0.0322 e. The number of rotatable bonds is 5. The molecular weight excluding hydrogens is 250 g/mol. The lowest BCUT2D eigenvalue weighted by atomic mass is 9.89. The Kier molecular flexibility index (Phi) is 5.77. The minimum absolute atomic E-state index is 0.539. The Hall–Kier alpha value is -0.470. The summed E-state index contributed by atoms with van der Waals surface area (Å²) in [5.74, 6) is 3.62. The molecule has 0 radical (unpaired) electrons. The molecule has 0 aliphatic carbocycles. The Labute approximate surface area is 122 Å². The zero-order valence-electron chi connectivity index (χ0n) is 12.5. The average Bonchev–Trinajstić information content (AvgIpc) is 2.38. The second-order valence-corrected chi connectivity index (χ2v) is 7.05. The topological polar surface area (TPSA) is 12.0 Å². The van der Waals surface area contributed by atoms with Crippen molar-refractivity contribution in [1.29, 1.82) is 0 Å². The van der Waals surface area contributed by atoms with Crippen LogP contribution in [0.4, 0.5) is 0 Å². The maximum absolute atomic E-state index is 3.69. The van der Waals surface area contributed by atoms with Crippen LogP contribution < -0.4 is 5.32 Å². The second kappa shape index (κ2) is 7.35. The minimum atomic E-state index is 0.539. The van der Waals surface area contributed by atoms with Crippen molar-refractivity contribution < 1.29 is 0 Å². The first-order valence-corrected chi connectivity index (χ1v) is 8.74. The monoisotopic (exact) mass is 277 g/mol. The van der Waals surface area contributed by atoms with E-state index < -0.39 is 0 Å². The summed E-state index contributed by atoms with van der Waals surface area (Å²) in [6.45, 7) is 7.68. The van der Waals surface area contributed by atoms with E-state index in [1.165, 1.54) is 47.5 Å². The molecule has 1 N–H and O–H groups in total. The first-order chi connectivity index (χ1) is 9.19. The zero-order chi connectivity index (χ0) is 13.7. The summed E-state index contributed by atoms with van der Waals surface area (Å²) in [4.78, 5) is 0. The van der Waals surface area contributed by atoms with Gasteiger partial charge in [0.15, 0.2) is 0 Å². The van der Waals surface area contributed by atoms with Gasteiger partial charge < -0.3 is 5.32 Å². The molecule has 1 heterocycles. The van der Waals surface area contributed by atoms with Crippen molar-refractivity contribution in [2.45, 2.75) is 46.1 Å². The SMILES string of the molecule is CCNC(CC1CCSCC1)c1cc(C)cc(C)c1. The van der Waals surface area contributed by atoms with Crippen LogP contribution in [0.1, 0.15) is 48.9 Å². The molecule has 19 heavy (non-hydrogen) atoms. The molecule has 1 aliphatic heterocycles. The van der Waals surface area contributed by atoms with Gasteiger partial charge in [-0.25, -0.2) is 0 Å². The highest BCUT2D eigenvalue weighted by molar-refractivity contribution is 7.99. The number of benzene rings is 1. The summed E-state index contributed by atoms with van der Waals surface area (Å²) in [5.41, 5.74) is 4.26. The molecule has 2 heteroatoms. The van der Waals surface area contributed by atoms with E-state index in [1.54, 1.807) is 0 Å². The third-order valence-corrected chi connectivity index (χ3v) is 5.06. The van der Waals surface area contributed by atoms with Gasteiger partial charge in [-0.15, -0.1) is 0 Å². The highest BCUT2D eigenvalue weighted by Gasteiger charge is 2.20. The fraction of sp³-hybridized carbons (Fsp3) is 0.647. The highest BCUT2D eigenvalue weighted by atomic mass is 32.2. The molecule has 0 saturated carbocycles. The molecule has 2 rings (SSSR count). The van der Waals surface area contributed by atoms with Crippen molar-refractivity contribution in [2.24, 2.45) is 5.92 Å². The van der Waals surface area contributed by atoms with Gasteiger partial charge in [0, 0.05) is 6.04 Å². The molecule has 1 saturated heterocycles. The van der Waals surface area contributed by atoms with Crippen molar-refractivity contribution in [2.75, 3.05) is 18.1 Å². The van der Waals surface area contributed by atoms with Gasteiger partial charge in [-0.05, 0) is 62.6 Å². The molecule has 106 valence electrons. The summed E-state index contributed by atoms with van der Waals surface area (Å²) in [6, 6.07) is 7.52. The molecule has 0 bridgehead atoms. The summed E-state index contributed by atoms with van der Waals surface area (Å²) < 4.78 is 0. The van der Waals surface area contributed by atoms with Crippen LogP contribution in [0.2, 0.25) is 0 Å². The van der Waals surface area contributed by atoms with E-state index >= 15 is 0 Å². The maximum atomic E-state index is 3.69. The Bertz CT molecular complexity index is 376. The predicted octanol–water partition coefficient (Wildman–Crippen LogP) is 4.49. The Morgan fingerprint density at radius 1 is 1.16 bits per heavy atom. The van der Waals surface area contributed by atoms with Gasteiger partial charge in [0.2, 0.25) is 0 Å². The summed E-state index contributed by atoms with van der Waals surface area (Å²) in [6.07, 6.45) is 4.10. The number of thioether (sulfide) groups is 1. The van der Waals surface area contributed by atoms with Gasteiger partial charge in [0.1, 0.15) is 0 Å². The Morgan fingerprint density at radius 2 is 1.79 bits per heavy atom. The number of hydrogen-bond acceptors (Lipinski definition) is 2. The highest BCUT2D eigenvalue weighted by Crippen LogP contribution is 2.31. The van der Waals surface area contributed by atoms with Gasteiger partial charge in [0.25, 0.3) is 0 Å². The number of nitrogens with one attached hydrogen (secondary N) is 1. The van der Waals surface area contributed by atoms with Gasteiger partial charge >= 0.3 is 0 Å². The molecule has 1 aliphatic rings. The molecule has 1 unspecified atom stereocenters. The van der Waals surface area contributed by atoms with Crippen LogP contribution in [0.15, 0.2) is 18.2 Å². The van der Waals surface area contributed by atoms with Crippen molar-refractivity contribution in [3.63, 3.8) is 0 Å². The van der Waals surface area contributed by atoms with Gasteiger partial charge in [-0.2, -0.15) is 11.8 Å². The largest absolute Gasteiger partial charge is 0.310 e. The lowest BCUT2D eigenvalue weighted by molar-refractivity contribution is 0.374. The van der Waals surface area contributed by atoms with Gasteiger partial charge in [0.05, 0.1) is 0 Å². The summed E-state index contributed by atoms with van der Waals surface area (Å²) in [7, 11) is 0. The van der Waals surface area contributed by atoms with E-state index in [2.05, 4.69) is 56.0 Å². The Balaban J connectivity index is 2.09. The third kappa shape index (κ3) is 4.54. The standard InChI is InChI=1S/C17H27NS/c1-4-18-17(12-15-5-7-19-8-6-15)16-10-13(2)9-14(3)11-16/h9-11,15,17-18H,4-8,12H2,1-3H3. The van der Waals surface area contributed by atoms with E-state index in [0.717, 1.165) is 12.5 Å². The third-order valence-electron chi connectivity index (χ3n) is 4.01. The number of hydrogen-bond donors (Lipinski definition) is 1. The van der Waals surface area contributed by atoms with Gasteiger partial charge in [-0.1, -0.05) is 36.2 Å². The quantitative estimate of drug-likeness (QED) is 0.851. The molecule has 1 aromatic rings. The van der Waals surface area contributed by atoms with Crippen LogP contribution in [-0.2, 0) is 0 Å². The normalized spacial score (nSPS) is 18.5. The molecule has 1 nitrogen and oxygen atoms in total. The summed E-state index contributed by atoms with van der Waals surface area (Å²) >= 11 is 2.12. The van der Waals surface area contributed by atoms with Crippen LogP contribution in [0, 0.1) is 19.8 Å². The van der Waals surface area contributed by atoms with E-state index in [1.807, 2.05) is 0 Å². The molecule has 1 fully saturated rings. The maximum Gasteiger partial charge on any atom is 0.0322 e. The first kappa shape index (κ1) is 14.9. The fourth-order valence-corrected chi connectivity index (χ4v) is 4.31. The molecule has 0 aromatic heterocycles. The van der Waals surface area contributed by atoms with Crippen LogP contribution >= 0.6 is 11.8 Å². The molecule has 0 spiro atoms. The van der Waals surface area contributed by atoms with E-state index in [-0.39, 0.29) is 0 Å². The van der Waals surface area contributed by atoms with E-state index in [9.17, 15) is 0 Å². The van der Waals surface area contributed by atoms with Crippen molar-refractivity contribution >= 4 is 11.8 Å². The lowest BCUT2D eigenvalue weighted by Crippen LogP contribution is -2.25. The number of aryl methyl sites for hydroxylation is 2. The van der Waals surface area contributed by atoms with Crippen molar-refractivity contribution in [3.05, 3.63) is 34.9 Å². The Morgan fingerprint density at radius 3 is 2.37 bits per heavy atom. The van der Waals surface area contributed by atoms with Crippen LogP contribution in [0.3, 0.4) is 0 Å². The molecular formula is C17H27NS. The summed E-state index contributed by atoms with van der Waals surface area (Å²) in [5, 5.41) is 3.69. The van der Waals surface area contributed by atoms with Gasteiger partial charge in [-0.3, -0.25) is 0 Å². The zero-order valence-corrected chi connectivity index (χ0v) is 13.4. The van der Waals surface area contributed by atoms with E-state index in [4.69, 9.17) is 0 Å². The van der Waals surface area contributed by atoms with Crippen LogP contribution in [0.25, 0.3) is 0 Å². The van der Waals surface area contributed by atoms with Crippen molar-refractivity contribution in [1.82, 2.24) is 5.32 Å². The van der Waals surface area contributed by atoms with E-state index in [0.29, 0.717) is 6.04 Å². The second-order valence-electron chi connectivity index (χ2n) is 5.82. The average molecular weight is 277 g/mol. The molecule has 1 aromatic carbocycles. The predicted molar refractivity (Wildman–Crippen MR) is 87.0 cm³/mol.